The fraction of sp³-hybridized carbons (Fsp3) is 0.500. The Morgan fingerprint density at radius 1 is 1.32 bits per heavy atom. The van der Waals surface area contributed by atoms with Crippen molar-refractivity contribution in [3.05, 3.63) is 45.2 Å². The molecule has 1 aromatic carbocycles. The van der Waals surface area contributed by atoms with Gasteiger partial charge in [-0.05, 0) is 35.0 Å². The molecule has 0 bridgehead atoms. The van der Waals surface area contributed by atoms with Crippen LogP contribution in [0.2, 0.25) is 0 Å². The topological polar surface area (TPSA) is 82.5 Å². The molecule has 34 heavy (non-hydrogen) atoms. The highest BCUT2D eigenvalue weighted by Crippen LogP contribution is 2.29. The van der Waals surface area contributed by atoms with Crippen LogP contribution >= 0.6 is 15.9 Å². The minimum absolute atomic E-state index is 0.0506. The number of amides is 3. The molecule has 0 radical (unpaired) electrons. The molecule has 0 spiro atoms. The number of carbonyl (C=O) groups is 2. The molecule has 0 aliphatic carbocycles. The van der Waals surface area contributed by atoms with Crippen LogP contribution in [-0.4, -0.2) is 70.9 Å². The van der Waals surface area contributed by atoms with Gasteiger partial charge in [-0.3, -0.25) is 9.48 Å². The third-order valence-corrected chi connectivity index (χ3v) is 6.76. The second-order valence-corrected chi connectivity index (χ2v) is 9.56. The summed E-state index contributed by atoms with van der Waals surface area (Å²) in [5, 5.41) is 10.2. The average Bonchev–Trinajstić information content (AvgIpc) is 3.09. The second kappa shape index (κ2) is 9.95. The van der Waals surface area contributed by atoms with Gasteiger partial charge in [0, 0.05) is 57.7 Å². The molecule has 2 atom stereocenters. The molecule has 2 aliphatic heterocycles. The zero-order valence-electron chi connectivity index (χ0n) is 18.9. The molecule has 2 N–H and O–H groups in total. The van der Waals surface area contributed by atoms with Gasteiger partial charge >= 0.3 is 6.03 Å². The van der Waals surface area contributed by atoms with Crippen molar-refractivity contribution in [2.24, 2.45) is 5.92 Å². The maximum atomic E-state index is 14.3. The minimum Gasteiger partial charge on any atom is -0.340 e. The van der Waals surface area contributed by atoms with Crippen molar-refractivity contribution < 1.29 is 22.8 Å². The van der Waals surface area contributed by atoms with E-state index in [4.69, 9.17) is 0 Å². The van der Waals surface area contributed by atoms with E-state index in [1.807, 2.05) is 0 Å². The number of benzene rings is 1. The molecular weight excluding hydrogens is 517 g/mol. The average molecular weight is 543 g/mol. The van der Waals surface area contributed by atoms with Crippen LogP contribution in [-0.2, 0) is 19.5 Å². The number of alkyl halides is 1. The van der Waals surface area contributed by atoms with Gasteiger partial charge < -0.3 is 20.4 Å². The molecule has 2 aliphatic rings. The molecule has 1 aromatic heterocycles. The van der Waals surface area contributed by atoms with Crippen LogP contribution in [0.15, 0.2) is 16.6 Å². The Morgan fingerprint density at radius 2 is 2.09 bits per heavy atom. The maximum Gasteiger partial charge on any atom is 0.322 e. The summed E-state index contributed by atoms with van der Waals surface area (Å²) >= 11 is 2.83. The summed E-state index contributed by atoms with van der Waals surface area (Å²) in [7, 11) is 1.71. The number of aromatic nitrogens is 2. The summed E-state index contributed by atoms with van der Waals surface area (Å²) in [5.74, 6) is -1.81. The lowest BCUT2D eigenvalue weighted by Gasteiger charge is -2.27. The van der Waals surface area contributed by atoms with Gasteiger partial charge in [0.25, 0.3) is 5.91 Å². The van der Waals surface area contributed by atoms with E-state index in [1.54, 1.807) is 16.6 Å². The van der Waals surface area contributed by atoms with Crippen molar-refractivity contribution in [2.45, 2.75) is 32.6 Å². The van der Waals surface area contributed by atoms with Crippen LogP contribution in [0.25, 0.3) is 0 Å². The molecule has 3 amide bonds. The largest absolute Gasteiger partial charge is 0.340 e. The number of hydrogen-bond donors (Lipinski definition) is 2. The lowest BCUT2D eigenvalue weighted by Crippen LogP contribution is -2.40. The molecule has 0 saturated heterocycles. The Labute approximate surface area is 203 Å². The fourth-order valence-electron chi connectivity index (χ4n) is 4.36. The zero-order chi connectivity index (χ0) is 24.6. The van der Waals surface area contributed by atoms with Crippen molar-refractivity contribution >= 4 is 33.6 Å². The quantitative estimate of drug-likeness (QED) is 0.568. The highest BCUT2D eigenvalue weighted by Gasteiger charge is 2.34. The van der Waals surface area contributed by atoms with Crippen LogP contribution in [0.5, 0.6) is 0 Å². The van der Waals surface area contributed by atoms with E-state index in [1.165, 1.54) is 11.8 Å². The van der Waals surface area contributed by atoms with Crippen molar-refractivity contribution in [1.29, 1.82) is 0 Å². The number of nitrogens with one attached hydrogen (secondary N) is 2. The van der Waals surface area contributed by atoms with Crippen LogP contribution in [0.1, 0.15) is 28.7 Å². The number of rotatable bonds is 5. The number of hydrogen-bond acceptors (Lipinski definition) is 4. The second-order valence-electron chi connectivity index (χ2n) is 8.77. The predicted molar refractivity (Wildman–Crippen MR) is 123 cm³/mol. The fourth-order valence-corrected chi connectivity index (χ4v) is 4.70. The van der Waals surface area contributed by atoms with Crippen molar-refractivity contribution in [3.8, 4) is 0 Å². The molecule has 4 rings (SSSR count). The Morgan fingerprint density at radius 3 is 2.82 bits per heavy atom. The summed E-state index contributed by atoms with van der Waals surface area (Å²) in [6.45, 7) is 3.74. The Kier molecular flexibility index (Phi) is 7.17. The highest BCUT2D eigenvalue weighted by atomic mass is 79.9. The Balaban J connectivity index is 1.52. The van der Waals surface area contributed by atoms with Crippen LogP contribution in [0, 0.1) is 17.6 Å². The number of carbonyl (C=O) groups excluding carboxylic acids is 2. The van der Waals surface area contributed by atoms with E-state index in [0.717, 1.165) is 17.8 Å². The number of halogens is 4. The van der Waals surface area contributed by atoms with Crippen molar-refractivity contribution in [2.75, 3.05) is 38.5 Å². The molecule has 0 fully saturated rings. The van der Waals surface area contributed by atoms with E-state index in [2.05, 4.69) is 31.7 Å². The lowest BCUT2D eigenvalue weighted by atomic mass is 10.0. The van der Waals surface area contributed by atoms with Crippen LogP contribution < -0.4 is 10.6 Å². The van der Waals surface area contributed by atoms with Gasteiger partial charge in [0.1, 0.15) is 17.7 Å². The van der Waals surface area contributed by atoms with Gasteiger partial charge in [0.15, 0.2) is 5.82 Å². The van der Waals surface area contributed by atoms with E-state index < -0.39 is 23.8 Å². The molecule has 184 valence electrons. The Hall–Kier alpha value is -2.60. The molecule has 0 saturated carbocycles. The molecule has 1 unspecified atom stereocenters. The van der Waals surface area contributed by atoms with Gasteiger partial charge in [-0.1, -0.05) is 0 Å². The maximum absolute atomic E-state index is 14.3. The van der Waals surface area contributed by atoms with Crippen LogP contribution in [0.4, 0.5) is 23.7 Å². The first-order valence-corrected chi connectivity index (χ1v) is 11.8. The van der Waals surface area contributed by atoms with E-state index >= 15 is 0 Å². The lowest BCUT2D eigenvalue weighted by molar-refractivity contribution is 0.0778. The van der Waals surface area contributed by atoms with Crippen molar-refractivity contribution in [3.63, 3.8) is 0 Å². The smallest absolute Gasteiger partial charge is 0.322 e. The number of anilines is 1. The molecule has 8 nitrogen and oxygen atoms in total. The number of urea groups is 1. The number of fused-ring (bicyclic) bond motifs is 3. The van der Waals surface area contributed by atoms with Gasteiger partial charge in [0.05, 0.1) is 22.4 Å². The standard InChI is InChI=1S/C22H26BrF3N6O2/c1-12(24)7-27-8-13-9-30(2)21(33)20-14-11-31(6-5-16(14)29-32(20)10-13)22(34)28-17-4-3-15(25)18(23)19(17)26/h3-4,12-13,27H,5-11H2,1-2H3,(H,28,34)/t12?,13-/m0/s1. The minimum atomic E-state index is -0.959. The third kappa shape index (κ3) is 4.92. The summed E-state index contributed by atoms with van der Waals surface area (Å²) in [4.78, 5) is 29.1. The van der Waals surface area contributed by atoms with E-state index in [-0.39, 0.29) is 35.1 Å². The van der Waals surface area contributed by atoms with Gasteiger partial charge in [-0.2, -0.15) is 5.10 Å². The predicted octanol–water partition coefficient (Wildman–Crippen LogP) is 3.16. The summed E-state index contributed by atoms with van der Waals surface area (Å²) in [6, 6.07) is 1.66. The normalized spacial score (nSPS) is 18.9. The first kappa shape index (κ1) is 24.5. The highest BCUT2D eigenvalue weighted by molar-refractivity contribution is 9.10. The summed E-state index contributed by atoms with van der Waals surface area (Å²) < 4.78 is 42.3. The molecule has 3 heterocycles. The van der Waals surface area contributed by atoms with Gasteiger partial charge in [-0.25, -0.2) is 18.0 Å². The first-order chi connectivity index (χ1) is 16.2. The zero-order valence-corrected chi connectivity index (χ0v) is 20.5. The molecular formula is C22H26BrF3N6O2. The molecule has 12 heteroatoms. The van der Waals surface area contributed by atoms with Crippen molar-refractivity contribution in [1.82, 2.24) is 24.9 Å². The SMILES string of the molecule is CC(F)CNC[C@H]1CN(C)C(=O)c2c3c(nn2C1)CCN(C(=O)Nc1ccc(F)c(Br)c1F)C3. The monoisotopic (exact) mass is 542 g/mol. The van der Waals surface area contributed by atoms with Gasteiger partial charge in [-0.15, -0.1) is 0 Å². The number of nitrogens with zero attached hydrogens (tertiary/aromatic N) is 4. The van der Waals surface area contributed by atoms with Crippen LogP contribution in [0.3, 0.4) is 0 Å². The summed E-state index contributed by atoms with van der Waals surface area (Å²) in [5.41, 5.74) is 1.71. The van der Waals surface area contributed by atoms with E-state index in [9.17, 15) is 22.8 Å². The third-order valence-electron chi connectivity index (χ3n) is 6.04. The van der Waals surface area contributed by atoms with E-state index in [0.29, 0.717) is 43.9 Å². The Bertz CT molecular complexity index is 1110. The first-order valence-electron chi connectivity index (χ1n) is 11.0. The summed E-state index contributed by atoms with van der Waals surface area (Å²) in [6.07, 6.45) is -0.517. The molecule has 2 aromatic rings. The van der Waals surface area contributed by atoms with Gasteiger partial charge in [0.2, 0.25) is 0 Å².